The lowest BCUT2D eigenvalue weighted by Crippen LogP contribution is -1.99. The number of nitrogens with zero attached hydrogens (tertiary/aromatic N) is 2. The molecule has 78 valence electrons. The molecule has 0 aliphatic carbocycles. The van der Waals surface area contributed by atoms with Gasteiger partial charge in [0.15, 0.2) is 0 Å². The van der Waals surface area contributed by atoms with Gasteiger partial charge in [0.2, 0.25) is 0 Å². The van der Waals surface area contributed by atoms with Gasteiger partial charge in [-0.15, -0.1) is 0 Å². The molecule has 1 aromatic rings. The highest BCUT2D eigenvalue weighted by atomic mass is 79.9. The van der Waals surface area contributed by atoms with Crippen LogP contribution in [-0.4, -0.2) is 15.7 Å². The highest BCUT2D eigenvalue weighted by Crippen LogP contribution is 2.24. The summed E-state index contributed by atoms with van der Waals surface area (Å²) in [6.07, 6.45) is 0.868. The first-order valence-electron chi connectivity index (χ1n) is 4.47. The molecule has 0 unspecified atom stereocenters. The maximum absolute atomic E-state index is 5.97. The largest absolute Gasteiger partial charge is 0.236 e. The summed E-state index contributed by atoms with van der Waals surface area (Å²) in [6, 6.07) is 0. The summed E-state index contributed by atoms with van der Waals surface area (Å²) < 4.78 is 0.826. The molecule has 2 nitrogen and oxygen atoms in total. The van der Waals surface area contributed by atoms with E-state index in [0.29, 0.717) is 5.15 Å². The summed E-state index contributed by atoms with van der Waals surface area (Å²) in [4.78, 5) is 8.63. The van der Waals surface area contributed by atoms with E-state index in [1.807, 2.05) is 0 Å². The smallest absolute Gasteiger partial charge is 0.147 e. The Morgan fingerprint density at radius 3 is 2.64 bits per heavy atom. The molecule has 0 radical (unpaired) electrons. The summed E-state index contributed by atoms with van der Waals surface area (Å²) in [5.74, 6) is 2.72. The van der Waals surface area contributed by atoms with Crippen LogP contribution in [0.15, 0.2) is 4.47 Å². The van der Waals surface area contributed by atoms with Crippen molar-refractivity contribution < 1.29 is 0 Å². The molecule has 0 N–H and O–H groups in total. The minimum atomic E-state index is 0.517. The Balaban J connectivity index is 2.91. The van der Waals surface area contributed by atoms with Gasteiger partial charge in [0.05, 0.1) is 15.9 Å². The van der Waals surface area contributed by atoms with E-state index in [1.54, 1.807) is 11.8 Å². The van der Waals surface area contributed by atoms with Crippen LogP contribution >= 0.6 is 39.3 Å². The third kappa shape index (κ3) is 3.11. The third-order valence-corrected chi connectivity index (χ3v) is 3.90. The zero-order chi connectivity index (χ0) is 10.6. The van der Waals surface area contributed by atoms with Crippen molar-refractivity contribution in [2.45, 2.75) is 26.0 Å². The first-order valence-corrected chi connectivity index (χ1v) is 6.80. The van der Waals surface area contributed by atoms with Crippen LogP contribution in [0.1, 0.15) is 25.4 Å². The number of hydrogen-bond acceptors (Lipinski definition) is 3. The van der Waals surface area contributed by atoms with Crippen LogP contribution in [0, 0.1) is 0 Å². The number of hydrogen-bond donors (Lipinski definition) is 0. The van der Waals surface area contributed by atoms with E-state index in [0.717, 1.165) is 33.9 Å². The average Bonchev–Trinajstić information content (AvgIpc) is 2.19. The number of thioether (sulfide) groups is 1. The molecular formula is C9H12BrClN2S. The van der Waals surface area contributed by atoms with Crippen LogP contribution in [0.2, 0.25) is 5.15 Å². The fourth-order valence-corrected chi connectivity index (χ4v) is 2.18. The van der Waals surface area contributed by atoms with Gasteiger partial charge in [-0.05, 0) is 28.1 Å². The predicted molar refractivity (Wildman–Crippen MR) is 66.0 cm³/mol. The summed E-state index contributed by atoms with van der Waals surface area (Å²) in [7, 11) is 0. The first kappa shape index (κ1) is 12.3. The molecule has 0 atom stereocenters. The summed E-state index contributed by atoms with van der Waals surface area (Å²) in [5, 5.41) is 0.517. The standard InChI is InChI=1S/C9H12BrClN2S/c1-3-6-8(10)9(11)13-7(12-6)5-14-4-2/h3-5H2,1-2H3. The Labute approximate surface area is 102 Å². The van der Waals surface area contributed by atoms with Gasteiger partial charge >= 0.3 is 0 Å². The Kier molecular flexibility index (Phi) is 5.20. The van der Waals surface area contributed by atoms with Crippen molar-refractivity contribution in [3.8, 4) is 0 Å². The van der Waals surface area contributed by atoms with Gasteiger partial charge in [-0.3, -0.25) is 0 Å². The second-order valence-corrected chi connectivity index (χ2v) is 5.11. The maximum atomic E-state index is 5.97. The maximum Gasteiger partial charge on any atom is 0.147 e. The lowest BCUT2D eigenvalue weighted by molar-refractivity contribution is 0.928. The highest BCUT2D eigenvalue weighted by molar-refractivity contribution is 9.10. The molecule has 0 aromatic carbocycles. The number of rotatable bonds is 4. The van der Waals surface area contributed by atoms with E-state index < -0.39 is 0 Å². The topological polar surface area (TPSA) is 25.8 Å². The second kappa shape index (κ2) is 5.93. The van der Waals surface area contributed by atoms with Gasteiger partial charge in [-0.25, -0.2) is 9.97 Å². The predicted octanol–water partition coefficient (Wildman–Crippen LogP) is 3.71. The van der Waals surface area contributed by atoms with E-state index in [-0.39, 0.29) is 0 Å². The molecule has 0 bridgehead atoms. The van der Waals surface area contributed by atoms with Crippen LogP contribution in [-0.2, 0) is 12.2 Å². The number of aryl methyl sites for hydroxylation is 1. The quantitative estimate of drug-likeness (QED) is 0.792. The molecule has 0 amide bonds. The monoisotopic (exact) mass is 294 g/mol. The zero-order valence-electron chi connectivity index (χ0n) is 8.18. The molecule has 0 aliphatic rings. The van der Waals surface area contributed by atoms with Crippen LogP contribution in [0.25, 0.3) is 0 Å². The average molecular weight is 296 g/mol. The summed E-state index contributed by atoms with van der Waals surface area (Å²) in [5.41, 5.74) is 0.983. The van der Waals surface area contributed by atoms with E-state index in [1.165, 1.54) is 0 Å². The Hall–Kier alpha value is 0.200. The molecule has 1 heterocycles. The molecule has 0 aliphatic heterocycles. The second-order valence-electron chi connectivity index (χ2n) is 2.68. The van der Waals surface area contributed by atoms with Gasteiger partial charge in [-0.1, -0.05) is 25.4 Å². The van der Waals surface area contributed by atoms with Crippen molar-refractivity contribution in [1.82, 2.24) is 9.97 Å². The molecular weight excluding hydrogens is 284 g/mol. The fraction of sp³-hybridized carbons (Fsp3) is 0.556. The van der Waals surface area contributed by atoms with Crippen LogP contribution < -0.4 is 0 Å². The fourth-order valence-electron chi connectivity index (χ4n) is 1.00. The lowest BCUT2D eigenvalue weighted by atomic mass is 10.3. The van der Waals surface area contributed by atoms with Crippen LogP contribution in [0.4, 0.5) is 0 Å². The van der Waals surface area contributed by atoms with E-state index in [9.17, 15) is 0 Å². The molecule has 0 saturated heterocycles. The minimum absolute atomic E-state index is 0.517. The molecule has 1 aromatic heterocycles. The van der Waals surface area contributed by atoms with Crippen LogP contribution in [0.3, 0.4) is 0 Å². The summed E-state index contributed by atoms with van der Waals surface area (Å²) >= 11 is 11.1. The van der Waals surface area contributed by atoms with Crippen molar-refractivity contribution in [3.63, 3.8) is 0 Å². The van der Waals surface area contributed by atoms with Crippen molar-refractivity contribution >= 4 is 39.3 Å². The molecule has 5 heteroatoms. The third-order valence-electron chi connectivity index (χ3n) is 1.70. The van der Waals surface area contributed by atoms with Crippen LogP contribution in [0.5, 0.6) is 0 Å². The number of aromatic nitrogens is 2. The minimum Gasteiger partial charge on any atom is -0.236 e. The van der Waals surface area contributed by atoms with Crippen molar-refractivity contribution in [2.75, 3.05) is 5.75 Å². The highest BCUT2D eigenvalue weighted by Gasteiger charge is 2.08. The molecule has 14 heavy (non-hydrogen) atoms. The lowest BCUT2D eigenvalue weighted by Gasteiger charge is -2.05. The Morgan fingerprint density at radius 1 is 1.36 bits per heavy atom. The van der Waals surface area contributed by atoms with Gasteiger partial charge in [-0.2, -0.15) is 11.8 Å². The van der Waals surface area contributed by atoms with Gasteiger partial charge in [0, 0.05) is 0 Å². The van der Waals surface area contributed by atoms with E-state index >= 15 is 0 Å². The van der Waals surface area contributed by atoms with Crippen molar-refractivity contribution in [3.05, 3.63) is 21.1 Å². The normalized spacial score (nSPS) is 10.6. The van der Waals surface area contributed by atoms with E-state index in [2.05, 4.69) is 39.7 Å². The molecule has 1 rings (SSSR count). The Morgan fingerprint density at radius 2 is 2.07 bits per heavy atom. The number of halogens is 2. The molecule has 0 spiro atoms. The van der Waals surface area contributed by atoms with E-state index in [4.69, 9.17) is 11.6 Å². The summed E-state index contributed by atoms with van der Waals surface area (Å²) in [6.45, 7) is 4.17. The van der Waals surface area contributed by atoms with Gasteiger partial charge in [0.1, 0.15) is 11.0 Å². The Bertz CT molecular complexity index is 320. The SMILES string of the molecule is CCSCc1nc(Cl)c(Br)c(CC)n1. The van der Waals surface area contributed by atoms with Crippen molar-refractivity contribution in [1.29, 1.82) is 0 Å². The van der Waals surface area contributed by atoms with Crippen molar-refractivity contribution in [2.24, 2.45) is 0 Å². The van der Waals surface area contributed by atoms with Gasteiger partial charge in [0.25, 0.3) is 0 Å². The first-order chi connectivity index (χ1) is 6.69. The molecule has 0 fully saturated rings. The zero-order valence-corrected chi connectivity index (χ0v) is 11.3. The molecule has 0 saturated carbocycles. The van der Waals surface area contributed by atoms with Gasteiger partial charge < -0.3 is 0 Å².